The first kappa shape index (κ1) is 8.93. The van der Waals surface area contributed by atoms with Crippen LogP contribution in [0.3, 0.4) is 0 Å². The van der Waals surface area contributed by atoms with Crippen LogP contribution >= 0.6 is 0 Å². The molecular formula is C9H13N5. The molecule has 0 aliphatic heterocycles. The van der Waals surface area contributed by atoms with Crippen LogP contribution in [0.25, 0.3) is 11.2 Å². The molecule has 14 heavy (non-hydrogen) atoms. The van der Waals surface area contributed by atoms with E-state index in [0.29, 0.717) is 17.4 Å². The van der Waals surface area contributed by atoms with Gasteiger partial charge in [-0.2, -0.15) is 0 Å². The Hall–Kier alpha value is -1.65. The molecule has 0 aromatic carbocycles. The van der Waals surface area contributed by atoms with Gasteiger partial charge in [-0.05, 0) is 13.3 Å². The first-order valence-corrected chi connectivity index (χ1v) is 4.67. The summed E-state index contributed by atoms with van der Waals surface area (Å²) in [6.45, 7) is 4.25. The number of rotatable bonds is 2. The van der Waals surface area contributed by atoms with Crippen molar-refractivity contribution in [1.82, 2.24) is 19.5 Å². The molecular weight excluding hydrogens is 178 g/mol. The third-order valence-corrected chi connectivity index (χ3v) is 2.45. The van der Waals surface area contributed by atoms with Gasteiger partial charge in [-0.3, -0.25) is 0 Å². The highest BCUT2D eigenvalue weighted by Crippen LogP contribution is 2.19. The Morgan fingerprint density at radius 3 is 2.93 bits per heavy atom. The van der Waals surface area contributed by atoms with E-state index in [1.165, 1.54) is 6.33 Å². The number of fused-ring (bicyclic) bond motifs is 1. The van der Waals surface area contributed by atoms with Crippen molar-refractivity contribution in [1.29, 1.82) is 0 Å². The minimum absolute atomic E-state index is 0.384. The van der Waals surface area contributed by atoms with E-state index in [1.54, 1.807) is 6.33 Å². The molecule has 0 spiro atoms. The van der Waals surface area contributed by atoms with E-state index in [1.807, 2.05) is 4.57 Å². The van der Waals surface area contributed by atoms with Gasteiger partial charge in [0.2, 0.25) is 0 Å². The lowest BCUT2D eigenvalue weighted by Crippen LogP contribution is -2.03. The first-order valence-electron chi connectivity index (χ1n) is 4.67. The predicted molar refractivity (Wildman–Crippen MR) is 54.7 cm³/mol. The number of nitrogens with zero attached hydrogens (tertiary/aromatic N) is 4. The standard InChI is InChI=1S/C9H13N5/c1-3-6(2)14-5-13-7-8(10)11-4-12-9(7)14/h4-6H,3H2,1-2H3,(H2,10,11,12)/t6-/m1/s1. The van der Waals surface area contributed by atoms with E-state index in [0.717, 1.165) is 12.1 Å². The molecule has 5 nitrogen and oxygen atoms in total. The van der Waals surface area contributed by atoms with Crippen LogP contribution in [0.5, 0.6) is 0 Å². The average Bonchev–Trinajstić information content (AvgIpc) is 2.62. The van der Waals surface area contributed by atoms with Crippen molar-refractivity contribution in [2.75, 3.05) is 5.73 Å². The molecule has 0 saturated heterocycles. The van der Waals surface area contributed by atoms with E-state index in [2.05, 4.69) is 28.8 Å². The lowest BCUT2D eigenvalue weighted by atomic mass is 10.2. The van der Waals surface area contributed by atoms with Gasteiger partial charge in [0, 0.05) is 6.04 Å². The zero-order chi connectivity index (χ0) is 10.1. The minimum Gasteiger partial charge on any atom is -0.382 e. The summed E-state index contributed by atoms with van der Waals surface area (Å²) in [6.07, 6.45) is 4.28. The molecule has 2 N–H and O–H groups in total. The van der Waals surface area contributed by atoms with Crippen molar-refractivity contribution in [3.05, 3.63) is 12.7 Å². The zero-order valence-electron chi connectivity index (χ0n) is 8.31. The summed E-state index contributed by atoms with van der Waals surface area (Å²) >= 11 is 0. The number of nitrogens with two attached hydrogens (primary N) is 1. The van der Waals surface area contributed by atoms with Gasteiger partial charge in [0.15, 0.2) is 11.5 Å². The molecule has 1 atom stereocenters. The molecule has 0 unspecified atom stereocenters. The van der Waals surface area contributed by atoms with E-state index >= 15 is 0 Å². The zero-order valence-corrected chi connectivity index (χ0v) is 8.31. The molecule has 0 aliphatic carbocycles. The third kappa shape index (κ3) is 1.21. The van der Waals surface area contributed by atoms with Gasteiger partial charge in [-0.1, -0.05) is 6.92 Å². The normalized spacial score (nSPS) is 13.3. The Labute approximate surface area is 82.0 Å². The SMILES string of the molecule is CC[C@@H](C)n1cnc2c(N)ncnc21. The highest BCUT2D eigenvalue weighted by molar-refractivity contribution is 5.81. The minimum atomic E-state index is 0.384. The van der Waals surface area contributed by atoms with Crippen molar-refractivity contribution < 1.29 is 0 Å². The first-order chi connectivity index (χ1) is 6.74. The Morgan fingerprint density at radius 1 is 1.43 bits per heavy atom. The summed E-state index contributed by atoms with van der Waals surface area (Å²) in [6, 6.07) is 0.384. The molecule has 0 amide bonds. The molecule has 0 radical (unpaired) electrons. The third-order valence-electron chi connectivity index (χ3n) is 2.45. The van der Waals surface area contributed by atoms with Crippen LogP contribution in [-0.2, 0) is 0 Å². The molecule has 0 bridgehead atoms. The fourth-order valence-electron chi connectivity index (χ4n) is 1.39. The number of anilines is 1. The second kappa shape index (κ2) is 3.25. The largest absolute Gasteiger partial charge is 0.382 e. The van der Waals surface area contributed by atoms with Crippen LogP contribution in [0.15, 0.2) is 12.7 Å². The lowest BCUT2D eigenvalue weighted by molar-refractivity contribution is 0.541. The van der Waals surface area contributed by atoms with Crippen molar-refractivity contribution in [3.8, 4) is 0 Å². The van der Waals surface area contributed by atoms with Gasteiger partial charge in [0.25, 0.3) is 0 Å². The summed E-state index contributed by atoms with van der Waals surface area (Å²) < 4.78 is 2.02. The lowest BCUT2D eigenvalue weighted by Gasteiger charge is -2.10. The second-order valence-electron chi connectivity index (χ2n) is 3.34. The van der Waals surface area contributed by atoms with E-state index < -0.39 is 0 Å². The topological polar surface area (TPSA) is 69.6 Å². The quantitative estimate of drug-likeness (QED) is 0.778. The number of aromatic nitrogens is 4. The maximum absolute atomic E-state index is 5.68. The number of nitrogen functional groups attached to an aromatic ring is 1. The second-order valence-corrected chi connectivity index (χ2v) is 3.34. The maximum Gasteiger partial charge on any atom is 0.165 e. The van der Waals surface area contributed by atoms with E-state index in [4.69, 9.17) is 5.73 Å². The van der Waals surface area contributed by atoms with Crippen LogP contribution in [0, 0.1) is 0 Å². The molecule has 2 heterocycles. The summed E-state index contributed by atoms with van der Waals surface area (Å²) in [5.41, 5.74) is 7.18. The van der Waals surface area contributed by atoms with Crippen molar-refractivity contribution in [3.63, 3.8) is 0 Å². The fourth-order valence-corrected chi connectivity index (χ4v) is 1.39. The molecule has 0 aliphatic rings. The Bertz CT molecular complexity index is 447. The Kier molecular flexibility index (Phi) is 2.07. The molecule has 0 fully saturated rings. The molecule has 2 aromatic rings. The van der Waals surface area contributed by atoms with Crippen molar-refractivity contribution in [2.24, 2.45) is 0 Å². The predicted octanol–water partition coefficient (Wildman–Crippen LogP) is 1.38. The van der Waals surface area contributed by atoms with E-state index in [9.17, 15) is 0 Å². The molecule has 0 saturated carbocycles. The fraction of sp³-hybridized carbons (Fsp3) is 0.444. The smallest absolute Gasteiger partial charge is 0.165 e. The highest BCUT2D eigenvalue weighted by Gasteiger charge is 2.10. The number of hydrogen-bond donors (Lipinski definition) is 1. The number of hydrogen-bond acceptors (Lipinski definition) is 4. The van der Waals surface area contributed by atoms with Crippen LogP contribution < -0.4 is 5.73 Å². The molecule has 2 aromatic heterocycles. The van der Waals surface area contributed by atoms with Gasteiger partial charge < -0.3 is 10.3 Å². The summed E-state index contributed by atoms with van der Waals surface area (Å²) in [5, 5.41) is 0. The van der Waals surface area contributed by atoms with Crippen molar-refractivity contribution in [2.45, 2.75) is 26.3 Å². The number of imidazole rings is 1. The summed E-state index contributed by atoms with van der Waals surface area (Å²) in [7, 11) is 0. The van der Waals surface area contributed by atoms with Gasteiger partial charge >= 0.3 is 0 Å². The maximum atomic E-state index is 5.68. The van der Waals surface area contributed by atoms with Gasteiger partial charge in [-0.25, -0.2) is 15.0 Å². The summed E-state index contributed by atoms with van der Waals surface area (Å²) in [5.74, 6) is 0.442. The molecule has 5 heteroatoms. The van der Waals surface area contributed by atoms with Crippen LogP contribution in [0.2, 0.25) is 0 Å². The van der Waals surface area contributed by atoms with Crippen LogP contribution in [0.1, 0.15) is 26.3 Å². The molecule has 2 rings (SSSR count). The van der Waals surface area contributed by atoms with Crippen LogP contribution in [0.4, 0.5) is 5.82 Å². The van der Waals surface area contributed by atoms with Gasteiger partial charge in [0.05, 0.1) is 6.33 Å². The monoisotopic (exact) mass is 191 g/mol. The Balaban J connectivity index is 2.63. The summed E-state index contributed by atoms with van der Waals surface area (Å²) in [4.78, 5) is 12.3. The van der Waals surface area contributed by atoms with Crippen molar-refractivity contribution >= 4 is 17.0 Å². The van der Waals surface area contributed by atoms with E-state index in [-0.39, 0.29) is 0 Å². The Morgan fingerprint density at radius 2 is 2.21 bits per heavy atom. The highest BCUT2D eigenvalue weighted by atomic mass is 15.1. The van der Waals surface area contributed by atoms with Crippen LogP contribution in [-0.4, -0.2) is 19.5 Å². The van der Waals surface area contributed by atoms with Gasteiger partial charge in [0.1, 0.15) is 11.8 Å². The van der Waals surface area contributed by atoms with Gasteiger partial charge in [-0.15, -0.1) is 0 Å². The molecule has 74 valence electrons. The average molecular weight is 191 g/mol.